The van der Waals surface area contributed by atoms with E-state index in [4.69, 9.17) is 4.74 Å². The molecule has 0 N–H and O–H groups in total. The molecule has 0 aromatic carbocycles. The molecule has 0 saturated carbocycles. The number of carbonyl (C=O) groups excluding carboxylic acids is 1. The van der Waals surface area contributed by atoms with Crippen molar-refractivity contribution in [2.45, 2.75) is 26.3 Å². The van der Waals surface area contributed by atoms with E-state index < -0.39 is 0 Å². The Bertz CT molecular complexity index is 729. The number of likely N-dealkylation sites (tertiary alicyclic amines) is 1. The lowest BCUT2D eigenvalue weighted by Gasteiger charge is -2.32. The van der Waals surface area contributed by atoms with Crippen molar-refractivity contribution in [2.75, 3.05) is 38.8 Å². The SMILES string of the molecule is COC[C@@H]1CCCN(C(=O)c2ccc(N(C)Cc3csc(C)n3)nc2)C1. The highest BCUT2D eigenvalue weighted by atomic mass is 32.1. The van der Waals surface area contributed by atoms with Crippen LogP contribution in [-0.4, -0.2) is 54.6 Å². The average molecular weight is 375 g/mol. The third kappa shape index (κ3) is 4.59. The number of amides is 1. The number of anilines is 1. The van der Waals surface area contributed by atoms with E-state index in [2.05, 4.69) is 15.3 Å². The highest BCUT2D eigenvalue weighted by Gasteiger charge is 2.24. The van der Waals surface area contributed by atoms with E-state index >= 15 is 0 Å². The molecule has 0 unspecified atom stereocenters. The molecule has 26 heavy (non-hydrogen) atoms. The Hall–Kier alpha value is -1.99. The van der Waals surface area contributed by atoms with Crippen LogP contribution in [0.25, 0.3) is 0 Å². The number of aryl methyl sites for hydroxylation is 1. The standard InChI is InChI=1S/C19H26N4O2S/c1-14-21-17(13-26-14)11-22(2)18-7-6-16(9-20-18)19(24)23-8-4-5-15(10-23)12-25-3/h6-7,9,13,15H,4-5,8,10-12H2,1-3H3/t15-/m1/s1. The maximum atomic E-state index is 12.7. The number of nitrogens with zero attached hydrogens (tertiary/aromatic N) is 4. The van der Waals surface area contributed by atoms with Gasteiger partial charge in [0.2, 0.25) is 0 Å². The van der Waals surface area contributed by atoms with Crippen molar-refractivity contribution in [3.05, 3.63) is 40.0 Å². The molecule has 1 atom stereocenters. The molecule has 7 heteroatoms. The van der Waals surface area contributed by atoms with Crippen LogP contribution < -0.4 is 4.90 Å². The van der Waals surface area contributed by atoms with Crippen molar-refractivity contribution in [1.29, 1.82) is 0 Å². The number of aromatic nitrogens is 2. The zero-order valence-electron chi connectivity index (χ0n) is 15.6. The second kappa shape index (κ2) is 8.60. The minimum absolute atomic E-state index is 0.0580. The summed E-state index contributed by atoms with van der Waals surface area (Å²) in [5, 5.41) is 3.13. The Kier molecular flexibility index (Phi) is 6.21. The van der Waals surface area contributed by atoms with Crippen LogP contribution in [0.4, 0.5) is 5.82 Å². The first-order valence-corrected chi connectivity index (χ1v) is 9.81. The molecule has 1 aliphatic heterocycles. The van der Waals surface area contributed by atoms with E-state index in [1.807, 2.05) is 35.9 Å². The fourth-order valence-corrected chi connectivity index (χ4v) is 3.95. The van der Waals surface area contributed by atoms with Gasteiger partial charge in [-0.1, -0.05) is 0 Å². The molecule has 0 bridgehead atoms. The molecular formula is C19H26N4O2S. The van der Waals surface area contributed by atoms with Crippen LogP contribution >= 0.6 is 11.3 Å². The Labute approximate surface area is 158 Å². The molecule has 0 aliphatic carbocycles. The molecule has 1 amide bonds. The van der Waals surface area contributed by atoms with E-state index in [1.165, 1.54) is 0 Å². The van der Waals surface area contributed by atoms with E-state index in [0.29, 0.717) is 24.6 Å². The Morgan fingerprint density at radius 3 is 2.96 bits per heavy atom. The summed E-state index contributed by atoms with van der Waals surface area (Å²) >= 11 is 1.65. The molecule has 6 nitrogen and oxygen atoms in total. The topological polar surface area (TPSA) is 58.6 Å². The van der Waals surface area contributed by atoms with Gasteiger partial charge in [0.25, 0.3) is 5.91 Å². The Balaban J connectivity index is 1.62. The smallest absolute Gasteiger partial charge is 0.255 e. The lowest BCUT2D eigenvalue weighted by Crippen LogP contribution is -2.41. The Morgan fingerprint density at radius 1 is 1.46 bits per heavy atom. The van der Waals surface area contributed by atoms with Crippen molar-refractivity contribution >= 4 is 23.1 Å². The predicted octanol–water partition coefficient (Wildman–Crippen LogP) is 2.98. The summed E-state index contributed by atoms with van der Waals surface area (Å²) in [4.78, 5) is 25.7. The molecule has 140 valence electrons. The minimum atomic E-state index is 0.0580. The van der Waals surface area contributed by atoms with E-state index in [1.54, 1.807) is 24.6 Å². The van der Waals surface area contributed by atoms with Gasteiger partial charge in [-0.3, -0.25) is 4.79 Å². The van der Waals surface area contributed by atoms with Crippen molar-refractivity contribution in [1.82, 2.24) is 14.9 Å². The second-order valence-electron chi connectivity index (χ2n) is 6.83. The van der Waals surface area contributed by atoms with Crippen LogP contribution in [0.1, 0.15) is 33.9 Å². The average Bonchev–Trinajstić information content (AvgIpc) is 3.06. The molecule has 2 aromatic heterocycles. The lowest BCUT2D eigenvalue weighted by molar-refractivity contribution is 0.0570. The first-order chi connectivity index (χ1) is 12.6. The highest BCUT2D eigenvalue weighted by molar-refractivity contribution is 7.09. The summed E-state index contributed by atoms with van der Waals surface area (Å²) in [6.07, 6.45) is 3.83. The van der Waals surface area contributed by atoms with Crippen molar-refractivity contribution in [3.63, 3.8) is 0 Å². The number of carbonyl (C=O) groups is 1. The van der Waals surface area contributed by atoms with Gasteiger partial charge in [0.05, 0.1) is 29.4 Å². The molecular weight excluding hydrogens is 348 g/mol. The number of rotatable bonds is 6. The quantitative estimate of drug-likeness (QED) is 0.778. The normalized spacial score (nSPS) is 17.3. The van der Waals surface area contributed by atoms with Crippen molar-refractivity contribution < 1.29 is 9.53 Å². The number of ether oxygens (including phenoxy) is 1. The third-order valence-electron chi connectivity index (χ3n) is 4.66. The first kappa shape index (κ1) is 18.8. The number of pyridine rings is 1. The van der Waals surface area contributed by atoms with Crippen LogP contribution in [0.2, 0.25) is 0 Å². The molecule has 1 saturated heterocycles. The summed E-state index contributed by atoms with van der Waals surface area (Å²) in [7, 11) is 3.70. The molecule has 0 spiro atoms. The molecule has 2 aromatic rings. The molecule has 0 radical (unpaired) electrons. The number of thiazole rings is 1. The zero-order valence-corrected chi connectivity index (χ0v) is 16.5. The van der Waals surface area contributed by atoms with Crippen LogP contribution in [0, 0.1) is 12.8 Å². The molecule has 1 fully saturated rings. The van der Waals surface area contributed by atoms with Gasteiger partial charge in [-0.25, -0.2) is 9.97 Å². The third-order valence-corrected chi connectivity index (χ3v) is 5.48. The van der Waals surface area contributed by atoms with Gasteiger partial charge in [-0.2, -0.15) is 0 Å². The van der Waals surface area contributed by atoms with E-state index in [9.17, 15) is 4.79 Å². The molecule has 3 heterocycles. The van der Waals surface area contributed by atoms with Gasteiger partial charge in [-0.05, 0) is 37.8 Å². The van der Waals surface area contributed by atoms with Crippen molar-refractivity contribution in [2.24, 2.45) is 5.92 Å². The maximum Gasteiger partial charge on any atom is 0.255 e. The number of hydrogen-bond acceptors (Lipinski definition) is 6. The maximum absolute atomic E-state index is 12.7. The van der Waals surface area contributed by atoms with Crippen LogP contribution in [0.5, 0.6) is 0 Å². The zero-order chi connectivity index (χ0) is 18.5. The highest BCUT2D eigenvalue weighted by Crippen LogP contribution is 2.20. The number of piperidine rings is 1. The van der Waals surface area contributed by atoms with E-state index in [-0.39, 0.29) is 5.91 Å². The lowest BCUT2D eigenvalue weighted by atomic mass is 9.98. The Morgan fingerprint density at radius 2 is 2.31 bits per heavy atom. The van der Waals surface area contributed by atoms with Crippen molar-refractivity contribution in [3.8, 4) is 0 Å². The summed E-state index contributed by atoms with van der Waals surface area (Å²) < 4.78 is 5.25. The monoisotopic (exact) mass is 374 g/mol. The molecule has 1 aliphatic rings. The number of hydrogen-bond donors (Lipinski definition) is 0. The fraction of sp³-hybridized carbons (Fsp3) is 0.526. The summed E-state index contributed by atoms with van der Waals surface area (Å²) in [5.41, 5.74) is 1.68. The summed E-state index contributed by atoms with van der Waals surface area (Å²) in [5.74, 6) is 1.32. The van der Waals surface area contributed by atoms with Crippen LogP contribution in [0.3, 0.4) is 0 Å². The van der Waals surface area contributed by atoms with Gasteiger partial charge in [0.1, 0.15) is 5.82 Å². The summed E-state index contributed by atoms with van der Waals surface area (Å²) in [6, 6.07) is 3.77. The fourth-order valence-electron chi connectivity index (χ4n) is 3.35. The van der Waals surface area contributed by atoms with Gasteiger partial charge in [-0.15, -0.1) is 11.3 Å². The van der Waals surface area contributed by atoms with Crippen LogP contribution in [-0.2, 0) is 11.3 Å². The predicted molar refractivity (Wildman–Crippen MR) is 104 cm³/mol. The van der Waals surface area contributed by atoms with E-state index in [0.717, 1.165) is 42.5 Å². The van der Waals surface area contributed by atoms with Gasteiger partial charge in [0.15, 0.2) is 0 Å². The largest absolute Gasteiger partial charge is 0.384 e. The van der Waals surface area contributed by atoms with Gasteiger partial charge >= 0.3 is 0 Å². The molecule has 3 rings (SSSR count). The number of methoxy groups -OCH3 is 1. The minimum Gasteiger partial charge on any atom is -0.384 e. The van der Waals surface area contributed by atoms with Gasteiger partial charge < -0.3 is 14.5 Å². The second-order valence-corrected chi connectivity index (χ2v) is 7.90. The van der Waals surface area contributed by atoms with Gasteiger partial charge in [0, 0.05) is 38.8 Å². The van der Waals surface area contributed by atoms with Crippen LogP contribution in [0.15, 0.2) is 23.7 Å². The summed E-state index contributed by atoms with van der Waals surface area (Å²) in [6.45, 7) is 4.99. The first-order valence-electron chi connectivity index (χ1n) is 8.93.